The largest absolute Gasteiger partial charge is 0.377 e. The highest BCUT2D eigenvalue weighted by Gasteiger charge is 2.29. The van der Waals surface area contributed by atoms with E-state index in [2.05, 4.69) is 31.2 Å². The zero-order chi connectivity index (χ0) is 20.5. The molecule has 1 saturated carbocycles. The molecule has 0 saturated heterocycles. The van der Waals surface area contributed by atoms with Crippen LogP contribution in [-0.2, 0) is 5.41 Å². The van der Waals surface area contributed by atoms with Crippen LogP contribution in [0.2, 0.25) is 0 Å². The van der Waals surface area contributed by atoms with E-state index in [1.54, 1.807) is 4.90 Å². The van der Waals surface area contributed by atoms with Gasteiger partial charge in [0.05, 0.1) is 5.69 Å². The summed E-state index contributed by atoms with van der Waals surface area (Å²) in [7, 11) is 0. The van der Waals surface area contributed by atoms with Gasteiger partial charge in [0.2, 0.25) is 0 Å². The van der Waals surface area contributed by atoms with Gasteiger partial charge in [-0.3, -0.25) is 0 Å². The van der Waals surface area contributed by atoms with Gasteiger partial charge in [-0.1, -0.05) is 58.2 Å². The van der Waals surface area contributed by atoms with E-state index in [4.69, 9.17) is 0 Å². The van der Waals surface area contributed by atoms with Crippen LogP contribution in [0.15, 0.2) is 23.0 Å². The first-order valence-corrected chi connectivity index (χ1v) is 10.2. The Hall–Kier alpha value is -2.44. The SMILES string of the molecule is CCN(C(=O)n1nnn(-c2c(C)cccc2C(C)(C)C)c1=O)C1CCCCC1. The molecule has 0 spiro atoms. The number of nitrogens with zero attached hydrogens (tertiary/aromatic N) is 5. The van der Waals surface area contributed by atoms with Crippen molar-refractivity contribution in [1.82, 2.24) is 24.7 Å². The number of aromatic nitrogens is 4. The standard InChI is InChI=1S/C21H31N5O2/c1-6-24(16-12-8-7-9-13-16)19(27)26-20(28)25(22-23-26)18-15(2)11-10-14-17(18)21(3,4)5/h10-11,14,16H,6-9,12-13H2,1-5H3. The molecular formula is C21H31N5O2. The molecule has 2 aromatic rings. The van der Waals surface area contributed by atoms with Crippen LogP contribution in [0, 0.1) is 6.92 Å². The third-order valence-corrected chi connectivity index (χ3v) is 5.62. The normalized spacial score (nSPS) is 15.6. The minimum absolute atomic E-state index is 0.173. The van der Waals surface area contributed by atoms with Crippen molar-refractivity contribution in [3.05, 3.63) is 39.8 Å². The predicted octanol–water partition coefficient (Wildman–Crippen LogP) is 3.66. The number of para-hydroxylation sites is 1. The number of amides is 1. The number of hydrogen-bond donors (Lipinski definition) is 0. The maximum Gasteiger partial charge on any atom is 0.377 e. The molecule has 1 aromatic heterocycles. The quantitative estimate of drug-likeness (QED) is 0.756. The summed E-state index contributed by atoms with van der Waals surface area (Å²) < 4.78 is 2.18. The van der Waals surface area contributed by atoms with Gasteiger partial charge < -0.3 is 4.90 Å². The average molecular weight is 386 g/mol. The van der Waals surface area contributed by atoms with Gasteiger partial charge in [-0.25, -0.2) is 9.59 Å². The van der Waals surface area contributed by atoms with Gasteiger partial charge in [0, 0.05) is 12.6 Å². The Morgan fingerprint density at radius 1 is 1.18 bits per heavy atom. The van der Waals surface area contributed by atoms with Crippen molar-refractivity contribution in [3.8, 4) is 5.69 Å². The summed E-state index contributed by atoms with van der Waals surface area (Å²) in [6, 6.07) is 5.71. The Balaban J connectivity index is 2.02. The van der Waals surface area contributed by atoms with Gasteiger partial charge in [0.15, 0.2) is 0 Å². The fourth-order valence-corrected chi connectivity index (χ4v) is 4.12. The molecule has 28 heavy (non-hydrogen) atoms. The maximum atomic E-state index is 13.1. The van der Waals surface area contributed by atoms with Crippen LogP contribution in [-0.4, -0.2) is 43.3 Å². The molecule has 0 aliphatic heterocycles. The van der Waals surface area contributed by atoms with Gasteiger partial charge in [-0.05, 0) is 53.7 Å². The Bertz CT molecular complexity index is 900. The Morgan fingerprint density at radius 3 is 2.46 bits per heavy atom. The van der Waals surface area contributed by atoms with Crippen LogP contribution in [0.25, 0.3) is 5.69 Å². The van der Waals surface area contributed by atoms with E-state index < -0.39 is 5.69 Å². The van der Waals surface area contributed by atoms with Crippen LogP contribution < -0.4 is 5.69 Å². The van der Waals surface area contributed by atoms with Crippen molar-refractivity contribution in [2.45, 2.75) is 78.2 Å². The molecular weight excluding hydrogens is 354 g/mol. The molecule has 0 bridgehead atoms. The van der Waals surface area contributed by atoms with Crippen molar-refractivity contribution in [2.24, 2.45) is 0 Å². The number of hydrogen-bond acceptors (Lipinski definition) is 4. The number of carbonyl (C=O) groups excluding carboxylic acids is 1. The van der Waals surface area contributed by atoms with E-state index in [1.807, 2.05) is 32.0 Å². The fourth-order valence-electron chi connectivity index (χ4n) is 4.12. The highest BCUT2D eigenvalue weighted by atomic mass is 16.2. The Morgan fingerprint density at radius 2 is 1.86 bits per heavy atom. The zero-order valence-electron chi connectivity index (χ0n) is 17.6. The van der Waals surface area contributed by atoms with Gasteiger partial charge in [0.25, 0.3) is 0 Å². The molecule has 7 nitrogen and oxygen atoms in total. The molecule has 1 heterocycles. The Labute approximate surface area is 166 Å². The number of carbonyl (C=O) groups is 1. The second-order valence-electron chi connectivity index (χ2n) is 8.67. The monoisotopic (exact) mass is 385 g/mol. The van der Waals surface area contributed by atoms with Gasteiger partial charge >= 0.3 is 11.7 Å². The first kappa shape index (κ1) is 20.3. The Kier molecular flexibility index (Phi) is 5.72. The summed E-state index contributed by atoms with van der Waals surface area (Å²) in [5.74, 6) is 0. The van der Waals surface area contributed by atoms with Crippen LogP contribution in [0.5, 0.6) is 0 Å². The number of benzene rings is 1. The molecule has 1 fully saturated rings. The van der Waals surface area contributed by atoms with Crippen LogP contribution in [0.3, 0.4) is 0 Å². The lowest BCUT2D eigenvalue weighted by Gasteiger charge is -2.32. The van der Waals surface area contributed by atoms with E-state index in [1.165, 1.54) is 11.1 Å². The molecule has 0 unspecified atom stereocenters. The van der Waals surface area contributed by atoms with Crippen molar-refractivity contribution in [1.29, 1.82) is 0 Å². The molecule has 1 aliphatic carbocycles. The second-order valence-corrected chi connectivity index (χ2v) is 8.67. The third kappa shape index (κ3) is 3.75. The molecule has 0 N–H and O–H groups in total. The van der Waals surface area contributed by atoms with E-state index in [9.17, 15) is 9.59 Å². The summed E-state index contributed by atoms with van der Waals surface area (Å²) in [5.41, 5.74) is 1.94. The van der Waals surface area contributed by atoms with E-state index >= 15 is 0 Å². The predicted molar refractivity (Wildman–Crippen MR) is 109 cm³/mol. The summed E-state index contributed by atoms with van der Waals surface area (Å²) in [4.78, 5) is 27.9. The van der Waals surface area contributed by atoms with Crippen molar-refractivity contribution in [2.75, 3.05) is 6.54 Å². The van der Waals surface area contributed by atoms with Crippen LogP contribution >= 0.6 is 0 Å². The topological polar surface area (TPSA) is 73.0 Å². The first-order chi connectivity index (χ1) is 13.3. The highest BCUT2D eigenvalue weighted by Crippen LogP contribution is 2.29. The summed E-state index contributed by atoms with van der Waals surface area (Å²) in [6.45, 7) is 10.7. The van der Waals surface area contributed by atoms with Crippen molar-refractivity contribution >= 4 is 6.03 Å². The van der Waals surface area contributed by atoms with E-state index in [-0.39, 0.29) is 17.5 Å². The van der Waals surface area contributed by atoms with E-state index in [0.29, 0.717) is 12.2 Å². The molecule has 7 heteroatoms. The lowest BCUT2D eigenvalue weighted by atomic mass is 9.84. The third-order valence-electron chi connectivity index (χ3n) is 5.62. The minimum atomic E-state index is -0.515. The van der Waals surface area contributed by atoms with Gasteiger partial charge in [-0.2, -0.15) is 4.68 Å². The molecule has 3 rings (SSSR count). The molecule has 0 atom stereocenters. The summed E-state index contributed by atoms with van der Waals surface area (Å²) in [5, 5.41) is 8.02. The fraction of sp³-hybridized carbons (Fsp3) is 0.619. The summed E-state index contributed by atoms with van der Waals surface area (Å²) in [6.07, 6.45) is 5.41. The summed E-state index contributed by atoms with van der Waals surface area (Å²) >= 11 is 0. The molecule has 1 aliphatic rings. The minimum Gasteiger partial charge on any atom is -0.320 e. The second kappa shape index (κ2) is 7.89. The zero-order valence-corrected chi connectivity index (χ0v) is 17.6. The lowest BCUT2D eigenvalue weighted by molar-refractivity contribution is 0.157. The number of rotatable bonds is 3. The molecule has 1 aromatic carbocycles. The first-order valence-electron chi connectivity index (χ1n) is 10.2. The smallest absolute Gasteiger partial charge is 0.320 e. The van der Waals surface area contributed by atoms with E-state index in [0.717, 1.165) is 41.5 Å². The van der Waals surface area contributed by atoms with Crippen molar-refractivity contribution < 1.29 is 4.79 Å². The van der Waals surface area contributed by atoms with Crippen LogP contribution in [0.1, 0.15) is 70.9 Å². The number of aryl methyl sites for hydroxylation is 1. The maximum absolute atomic E-state index is 13.1. The average Bonchev–Trinajstić information content (AvgIpc) is 3.03. The molecule has 152 valence electrons. The van der Waals surface area contributed by atoms with Gasteiger partial charge in [0.1, 0.15) is 0 Å². The van der Waals surface area contributed by atoms with Crippen molar-refractivity contribution in [3.63, 3.8) is 0 Å². The van der Waals surface area contributed by atoms with Crippen LogP contribution in [0.4, 0.5) is 4.79 Å². The lowest BCUT2D eigenvalue weighted by Crippen LogP contribution is -2.47. The highest BCUT2D eigenvalue weighted by molar-refractivity contribution is 5.76. The van der Waals surface area contributed by atoms with Gasteiger partial charge in [-0.15, -0.1) is 4.68 Å². The number of tetrazole rings is 1. The molecule has 1 amide bonds. The molecule has 0 radical (unpaired) electrons.